The second-order valence-corrected chi connectivity index (χ2v) is 4.94. The van der Waals surface area contributed by atoms with E-state index in [0.29, 0.717) is 29.5 Å². The maximum Gasteiger partial charge on any atom is 0.315 e. The second-order valence-electron chi connectivity index (χ2n) is 4.51. The lowest BCUT2D eigenvalue weighted by molar-refractivity contribution is 0.236. The maximum absolute atomic E-state index is 13.4. The van der Waals surface area contributed by atoms with Crippen molar-refractivity contribution >= 4 is 17.6 Å². The molecule has 0 saturated carbocycles. The predicted molar refractivity (Wildman–Crippen MR) is 83.6 cm³/mol. The summed E-state index contributed by atoms with van der Waals surface area (Å²) in [6.45, 7) is 0.775. The van der Waals surface area contributed by atoms with Gasteiger partial charge in [0, 0.05) is 17.1 Å². The van der Waals surface area contributed by atoms with Crippen LogP contribution in [-0.2, 0) is 6.54 Å². The molecular weight excluding hydrogens is 307 g/mol. The molecule has 2 aromatic rings. The molecule has 2 amide bonds. The number of benzene rings is 2. The van der Waals surface area contributed by atoms with Crippen LogP contribution in [-0.4, -0.2) is 19.2 Å². The Morgan fingerprint density at radius 1 is 1.14 bits per heavy atom. The van der Waals surface area contributed by atoms with E-state index in [4.69, 9.17) is 16.3 Å². The maximum atomic E-state index is 13.4. The zero-order valence-corrected chi connectivity index (χ0v) is 12.6. The summed E-state index contributed by atoms with van der Waals surface area (Å²) >= 11 is 5.83. The minimum Gasteiger partial charge on any atom is -0.492 e. The highest BCUT2D eigenvalue weighted by molar-refractivity contribution is 6.30. The lowest BCUT2D eigenvalue weighted by Gasteiger charge is -2.09. The van der Waals surface area contributed by atoms with Gasteiger partial charge in [-0.2, -0.15) is 0 Å². The van der Waals surface area contributed by atoms with Crippen LogP contribution in [0.15, 0.2) is 48.5 Å². The molecule has 0 bridgehead atoms. The molecule has 116 valence electrons. The van der Waals surface area contributed by atoms with E-state index in [1.165, 1.54) is 6.07 Å². The third-order valence-corrected chi connectivity index (χ3v) is 3.08. The smallest absolute Gasteiger partial charge is 0.315 e. The molecule has 0 fully saturated rings. The third kappa shape index (κ3) is 5.26. The minimum atomic E-state index is -0.377. The van der Waals surface area contributed by atoms with Gasteiger partial charge in [0.2, 0.25) is 0 Å². The summed E-state index contributed by atoms with van der Waals surface area (Å²) in [5.41, 5.74) is 0.438. The molecule has 0 radical (unpaired) electrons. The molecule has 4 nitrogen and oxygen atoms in total. The summed E-state index contributed by atoms with van der Waals surface area (Å²) in [5.74, 6) is 0.299. The largest absolute Gasteiger partial charge is 0.492 e. The average molecular weight is 323 g/mol. The van der Waals surface area contributed by atoms with Crippen molar-refractivity contribution in [2.45, 2.75) is 6.54 Å². The summed E-state index contributed by atoms with van der Waals surface area (Å²) in [6.07, 6.45) is 0. The number of ether oxygens (including phenoxy) is 1. The van der Waals surface area contributed by atoms with Crippen LogP contribution >= 0.6 is 11.6 Å². The molecule has 0 aromatic heterocycles. The van der Waals surface area contributed by atoms with Gasteiger partial charge in [-0.05, 0) is 24.3 Å². The second kappa shape index (κ2) is 8.24. The standard InChI is InChI=1S/C16H16ClFN2O2/c17-13-5-3-6-14(10-13)22-9-8-19-16(21)20-11-12-4-1-2-7-15(12)18/h1-7,10H,8-9,11H2,(H2,19,20,21). The van der Waals surface area contributed by atoms with Crippen LogP contribution in [0.5, 0.6) is 5.75 Å². The minimum absolute atomic E-state index is 0.133. The molecule has 0 spiro atoms. The Morgan fingerprint density at radius 3 is 2.73 bits per heavy atom. The van der Waals surface area contributed by atoms with Crippen molar-refractivity contribution in [3.8, 4) is 5.75 Å². The van der Waals surface area contributed by atoms with Gasteiger partial charge >= 0.3 is 6.03 Å². The molecule has 2 aromatic carbocycles. The number of urea groups is 1. The molecular formula is C16H16ClFN2O2. The van der Waals surface area contributed by atoms with Crippen molar-refractivity contribution < 1.29 is 13.9 Å². The molecule has 2 rings (SSSR count). The molecule has 0 aliphatic heterocycles. The Hall–Kier alpha value is -2.27. The lowest BCUT2D eigenvalue weighted by Crippen LogP contribution is -2.37. The monoisotopic (exact) mass is 322 g/mol. The van der Waals surface area contributed by atoms with Crippen LogP contribution in [0.1, 0.15) is 5.56 Å². The SMILES string of the molecule is O=C(NCCOc1cccc(Cl)c1)NCc1ccccc1F. The number of carbonyl (C=O) groups excluding carboxylic acids is 1. The first-order valence-electron chi connectivity index (χ1n) is 6.78. The van der Waals surface area contributed by atoms with Gasteiger partial charge in [-0.15, -0.1) is 0 Å². The molecule has 22 heavy (non-hydrogen) atoms. The Bertz CT molecular complexity index is 637. The lowest BCUT2D eigenvalue weighted by atomic mass is 10.2. The Kier molecular flexibility index (Phi) is 6.03. The van der Waals surface area contributed by atoms with E-state index in [1.807, 2.05) is 0 Å². The molecule has 2 N–H and O–H groups in total. The fourth-order valence-electron chi connectivity index (χ4n) is 1.77. The van der Waals surface area contributed by atoms with Crippen LogP contribution in [0.2, 0.25) is 5.02 Å². The van der Waals surface area contributed by atoms with Gasteiger partial charge in [-0.3, -0.25) is 0 Å². The number of carbonyl (C=O) groups is 1. The van der Waals surface area contributed by atoms with E-state index in [1.54, 1.807) is 42.5 Å². The van der Waals surface area contributed by atoms with Crippen LogP contribution in [0.3, 0.4) is 0 Å². The zero-order valence-electron chi connectivity index (χ0n) is 11.8. The predicted octanol–water partition coefficient (Wildman–Crippen LogP) is 3.36. The van der Waals surface area contributed by atoms with Crippen LogP contribution in [0, 0.1) is 5.82 Å². The summed E-state index contributed by atoms with van der Waals surface area (Å²) in [7, 11) is 0. The van der Waals surface area contributed by atoms with E-state index < -0.39 is 0 Å². The van der Waals surface area contributed by atoms with Crippen LogP contribution in [0.4, 0.5) is 9.18 Å². The number of hydrogen-bond acceptors (Lipinski definition) is 2. The number of hydrogen-bond donors (Lipinski definition) is 2. The number of rotatable bonds is 6. The topological polar surface area (TPSA) is 50.4 Å². The average Bonchev–Trinajstić information content (AvgIpc) is 2.51. The summed E-state index contributed by atoms with van der Waals surface area (Å²) in [6, 6.07) is 12.9. The van der Waals surface area contributed by atoms with E-state index in [0.717, 1.165) is 0 Å². The molecule has 0 heterocycles. The van der Waals surface area contributed by atoms with Crippen molar-refractivity contribution in [1.29, 1.82) is 0 Å². The summed E-state index contributed by atoms with van der Waals surface area (Å²) in [4.78, 5) is 11.6. The van der Waals surface area contributed by atoms with Gasteiger partial charge < -0.3 is 15.4 Å². The fraction of sp³-hybridized carbons (Fsp3) is 0.188. The number of nitrogens with one attached hydrogen (secondary N) is 2. The van der Waals surface area contributed by atoms with E-state index in [2.05, 4.69) is 10.6 Å². The van der Waals surface area contributed by atoms with Gasteiger partial charge in [-0.1, -0.05) is 35.9 Å². The van der Waals surface area contributed by atoms with Gasteiger partial charge in [0.05, 0.1) is 6.54 Å². The normalized spacial score (nSPS) is 10.1. The molecule has 0 aliphatic carbocycles. The Labute approximate surface area is 133 Å². The van der Waals surface area contributed by atoms with Crippen molar-refractivity contribution in [2.75, 3.05) is 13.2 Å². The molecule has 6 heteroatoms. The first-order valence-corrected chi connectivity index (χ1v) is 7.16. The summed E-state index contributed by atoms with van der Waals surface area (Å²) in [5, 5.41) is 5.80. The van der Waals surface area contributed by atoms with Gasteiger partial charge in [-0.25, -0.2) is 9.18 Å². The number of halogens is 2. The molecule has 0 saturated heterocycles. The fourth-order valence-corrected chi connectivity index (χ4v) is 1.95. The Balaban J connectivity index is 1.65. The first-order chi connectivity index (χ1) is 10.6. The summed E-state index contributed by atoms with van der Waals surface area (Å²) < 4.78 is 18.8. The van der Waals surface area contributed by atoms with E-state index in [9.17, 15) is 9.18 Å². The highest BCUT2D eigenvalue weighted by Gasteiger charge is 2.03. The third-order valence-electron chi connectivity index (χ3n) is 2.85. The zero-order chi connectivity index (χ0) is 15.8. The van der Waals surface area contributed by atoms with Crippen LogP contribution < -0.4 is 15.4 Å². The molecule has 0 aliphatic rings. The highest BCUT2D eigenvalue weighted by Crippen LogP contribution is 2.16. The van der Waals surface area contributed by atoms with Gasteiger partial charge in [0.25, 0.3) is 0 Å². The highest BCUT2D eigenvalue weighted by atomic mass is 35.5. The van der Waals surface area contributed by atoms with Crippen molar-refractivity contribution in [2.24, 2.45) is 0 Å². The van der Waals surface area contributed by atoms with Crippen molar-refractivity contribution in [1.82, 2.24) is 10.6 Å². The molecule has 0 atom stereocenters. The van der Waals surface area contributed by atoms with E-state index in [-0.39, 0.29) is 18.4 Å². The molecule has 0 unspecified atom stereocenters. The first kappa shape index (κ1) is 16.1. The van der Waals surface area contributed by atoms with Crippen molar-refractivity contribution in [3.63, 3.8) is 0 Å². The quantitative estimate of drug-likeness (QED) is 0.801. The number of amides is 2. The van der Waals surface area contributed by atoms with Crippen LogP contribution in [0.25, 0.3) is 0 Å². The van der Waals surface area contributed by atoms with Crippen molar-refractivity contribution in [3.05, 3.63) is 64.9 Å². The van der Waals surface area contributed by atoms with Gasteiger partial charge in [0.15, 0.2) is 0 Å². The van der Waals surface area contributed by atoms with E-state index >= 15 is 0 Å². The van der Waals surface area contributed by atoms with Gasteiger partial charge in [0.1, 0.15) is 18.2 Å². The Morgan fingerprint density at radius 2 is 1.95 bits per heavy atom.